The van der Waals surface area contributed by atoms with E-state index >= 15 is 0 Å². The molecule has 1 aromatic carbocycles. The smallest absolute Gasteiger partial charge is 0.125 e. The standard InChI is InChI=1S/C9H4Cl2NS/c10-7-3-1-6(2-4-7)9-12-5-8(11)13-9/h1-4H. The topological polar surface area (TPSA) is 12.9 Å². The van der Waals surface area contributed by atoms with Gasteiger partial charge in [-0.3, -0.25) is 0 Å². The molecule has 0 aliphatic carbocycles. The Kier molecular flexibility index (Phi) is 2.54. The summed E-state index contributed by atoms with van der Waals surface area (Å²) >= 11 is 12.9. The Morgan fingerprint density at radius 3 is 2.38 bits per heavy atom. The van der Waals surface area contributed by atoms with Crippen LogP contribution in [0.15, 0.2) is 24.3 Å². The SMILES string of the molecule is Clc1ccc(-c2n[c]c(Cl)s2)cc1. The number of hydrogen-bond donors (Lipinski definition) is 0. The highest BCUT2D eigenvalue weighted by Gasteiger charge is 2.02. The Morgan fingerprint density at radius 2 is 1.85 bits per heavy atom. The molecule has 4 heteroatoms. The van der Waals surface area contributed by atoms with Gasteiger partial charge in [0.15, 0.2) is 0 Å². The average molecular weight is 229 g/mol. The van der Waals surface area contributed by atoms with Gasteiger partial charge in [-0.05, 0) is 12.1 Å². The summed E-state index contributed by atoms with van der Waals surface area (Å²) in [5, 5.41) is 1.58. The van der Waals surface area contributed by atoms with Crippen LogP contribution in [0, 0.1) is 6.20 Å². The Hall–Kier alpha value is -0.570. The van der Waals surface area contributed by atoms with Gasteiger partial charge in [-0.1, -0.05) is 35.3 Å². The van der Waals surface area contributed by atoms with E-state index in [-0.39, 0.29) is 0 Å². The zero-order valence-corrected chi connectivity index (χ0v) is 8.75. The van der Waals surface area contributed by atoms with Crippen molar-refractivity contribution in [3.63, 3.8) is 0 Å². The fraction of sp³-hybridized carbons (Fsp3) is 0. The molecule has 0 unspecified atom stereocenters. The van der Waals surface area contributed by atoms with Crippen molar-refractivity contribution in [2.24, 2.45) is 0 Å². The molecule has 1 nitrogen and oxygen atoms in total. The Labute approximate surface area is 90.0 Å². The minimum absolute atomic E-state index is 0.574. The zero-order valence-electron chi connectivity index (χ0n) is 6.42. The lowest BCUT2D eigenvalue weighted by atomic mass is 10.2. The molecule has 0 amide bonds. The minimum Gasteiger partial charge on any atom is -0.233 e. The van der Waals surface area contributed by atoms with E-state index in [0.717, 1.165) is 15.6 Å². The molecular formula is C9H4Cl2NS. The monoisotopic (exact) mass is 228 g/mol. The second-order valence-corrected chi connectivity index (χ2v) is 4.45. The van der Waals surface area contributed by atoms with Crippen LogP contribution in [0.2, 0.25) is 9.36 Å². The van der Waals surface area contributed by atoms with E-state index in [9.17, 15) is 0 Å². The Bertz CT molecular complexity index is 408. The average Bonchev–Trinajstić information content (AvgIpc) is 2.53. The molecule has 0 aliphatic rings. The highest BCUT2D eigenvalue weighted by molar-refractivity contribution is 7.18. The first-order valence-electron chi connectivity index (χ1n) is 3.55. The normalized spacial score (nSPS) is 10.3. The maximum Gasteiger partial charge on any atom is 0.125 e. The number of halogens is 2. The minimum atomic E-state index is 0.574. The van der Waals surface area contributed by atoms with E-state index in [1.165, 1.54) is 11.3 Å². The van der Waals surface area contributed by atoms with Crippen LogP contribution < -0.4 is 0 Å². The summed E-state index contributed by atoms with van der Waals surface area (Å²) in [6.07, 6.45) is 2.68. The molecule has 0 bridgehead atoms. The van der Waals surface area contributed by atoms with Gasteiger partial charge in [-0.15, -0.1) is 11.3 Å². The van der Waals surface area contributed by atoms with Gasteiger partial charge in [-0.25, -0.2) is 4.98 Å². The molecule has 0 atom stereocenters. The Morgan fingerprint density at radius 1 is 1.15 bits per heavy atom. The predicted octanol–water partition coefficient (Wildman–Crippen LogP) is 3.92. The van der Waals surface area contributed by atoms with Crippen molar-refractivity contribution >= 4 is 34.5 Å². The maximum absolute atomic E-state index is 5.75. The van der Waals surface area contributed by atoms with Crippen molar-refractivity contribution in [1.29, 1.82) is 0 Å². The van der Waals surface area contributed by atoms with Gasteiger partial charge < -0.3 is 0 Å². The van der Waals surface area contributed by atoms with Gasteiger partial charge in [-0.2, -0.15) is 0 Å². The van der Waals surface area contributed by atoms with Gasteiger partial charge in [0.05, 0.1) is 0 Å². The molecule has 1 aromatic heterocycles. The lowest BCUT2D eigenvalue weighted by molar-refractivity contribution is 1.40. The summed E-state index contributed by atoms with van der Waals surface area (Å²) in [6, 6.07) is 7.47. The fourth-order valence-electron chi connectivity index (χ4n) is 0.941. The van der Waals surface area contributed by atoms with Crippen LogP contribution in [0.3, 0.4) is 0 Å². The van der Waals surface area contributed by atoms with Crippen LogP contribution in [0.1, 0.15) is 0 Å². The summed E-state index contributed by atoms with van der Waals surface area (Å²) in [4.78, 5) is 4.03. The number of benzene rings is 1. The summed E-state index contributed by atoms with van der Waals surface area (Å²) in [7, 11) is 0. The molecule has 0 spiro atoms. The summed E-state index contributed by atoms with van der Waals surface area (Å²) in [6.45, 7) is 0. The molecule has 2 aromatic rings. The van der Waals surface area contributed by atoms with Crippen molar-refractivity contribution in [2.45, 2.75) is 0 Å². The van der Waals surface area contributed by atoms with Crippen LogP contribution in [-0.2, 0) is 0 Å². The van der Waals surface area contributed by atoms with Gasteiger partial charge in [0.2, 0.25) is 0 Å². The van der Waals surface area contributed by atoms with E-state index in [2.05, 4.69) is 11.2 Å². The number of aromatic nitrogens is 1. The third kappa shape index (κ3) is 2.02. The first-order valence-corrected chi connectivity index (χ1v) is 5.13. The zero-order chi connectivity index (χ0) is 9.26. The van der Waals surface area contributed by atoms with Gasteiger partial charge in [0.25, 0.3) is 0 Å². The lowest BCUT2D eigenvalue weighted by Gasteiger charge is -1.94. The number of hydrogen-bond acceptors (Lipinski definition) is 2. The van der Waals surface area contributed by atoms with Crippen LogP contribution >= 0.6 is 34.5 Å². The molecule has 0 saturated heterocycles. The quantitative estimate of drug-likeness (QED) is 0.722. The highest BCUT2D eigenvalue weighted by atomic mass is 35.5. The largest absolute Gasteiger partial charge is 0.233 e. The van der Waals surface area contributed by atoms with Crippen molar-refractivity contribution in [1.82, 2.24) is 4.98 Å². The predicted molar refractivity (Wildman–Crippen MR) is 56.4 cm³/mol. The number of nitrogens with zero attached hydrogens (tertiary/aromatic N) is 1. The van der Waals surface area contributed by atoms with Gasteiger partial charge in [0.1, 0.15) is 15.5 Å². The molecule has 2 rings (SSSR count). The third-order valence-corrected chi connectivity index (χ3v) is 2.88. The first-order chi connectivity index (χ1) is 6.25. The van der Waals surface area contributed by atoms with E-state index in [0.29, 0.717) is 4.34 Å². The molecule has 0 saturated carbocycles. The van der Waals surface area contributed by atoms with E-state index in [1.807, 2.05) is 24.3 Å². The highest BCUT2D eigenvalue weighted by Crippen LogP contribution is 2.28. The summed E-state index contributed by atoms with van der Waals surface area (Å²) < 4.78 is 0.574. The van der Waals surface area contributed by atoms with E-state index in [1.54, 1.807) is 0 Å². The van der Waals surface area contributed by atoms with Gasteiger partial charge in [0, 0.05) is 10.6 Å². The van der Waals surface area contributed by atoms with E-state index in [4.69, 9.17) is 23.2 Å². The number of rotatable bonds is 1. The van der Waals surface area contributed by atoms with Crippen molar-refractivity contribution in [3.8, 4) is 10.6 Å². The molecule has 1 radical (unpaired) electrons. The molecule has 0 N–H and O–H groups in total. The van der Waals surface area contributed by atoms with Crippen molar-refractivity contribution in [2.75, 3.05) is 0 Å². The third-order valence-electron chi connectivity index (χ3n) is 1.52. The Balaban J connectivity index is 2.41. The molecule has 1 heterocycles. The van der Waals surface area contributed by atoms with Crippen LogP contribution in [0.25, 0.3) is 10.6 Å². The molecule has 65 valence electrons. The molecular weight excluding hydrogens is 225 g/mol. The number of thiazole rings is 1. The molecule has 13 heavy (non-hydrogen) atoms. The second-order valence-electron chi connectivity index (χ2n) is 2.41. The van der Waals surface area contributed by atoms with Crippen molar-refractivity contribution < 1.29 is 0 Å². The van der Waals surface area contributed by atoms with Crippen LogP contribution in [-0.4, -0.2) is 4.98 Å². The molecule has 0 aliphatic heterocycles. The first kappa shape index (κ1) is 9.00. The van der Waals surface area contributed by atoms with Crippen molar-refractivity contribution in [3.05, 3.63) is 39.8 Å². The summed E-state index contributed by atoms with van der Waals surface area (Å²) in [5.41, 5.74) is 1.01. The second kappa shape index (κ2) is 3.66. The van der Waals surface area contributed by atoms with E-state index < -0.39 is 0 Å². The lowest BCUT2D eigenvalue weighted by Crippen LogP contribution is -1.73. The maximum atomic E-state index is 5.75. The molecule has 0 fully saturated rings. The fourth-order valence-corrected chi connectivity index (χ4v) is 1.93. The summed E-state index contributed by atoms with van der Waals surface area (Å²) in [5.74, 6) is 0. The van der Waals surface area contributed by atoms with Crippen LogP contribution in [0.4, 0.5) is 0 Å². The van der Waals surface area contributed by atoms with Crippen LogP contribution in [0.5, 0.6) is 0 Å². The van der Waals surface area contributed by atoms with Gasteiger partial charge >= 0.3 is 0 Å².